The van der Waals surface area contributed by atoms with Gasteiger partial charge in [-0.1, -0.05) is 0 Å². The summed E-state index contributed by atoms with van der Waals surface area (Å²) in [6.07, 6.45) is 5.34. The summed E-state index contributed by atoms with van der Waals surface area (Å²) in [4.78, 5) is 19.3. The van der Waals surface area contributed by atoms with Gasteiger partial charge in [0.2, 0.25) is 5.88 Å². The number of likely N-dealkylation sites (tertiary alicyclic amines) is 1. The predicted octanol–water partition coefficient (Wildman–Crippen LogP) is 2.68. The number of benzene rings is 1. The SMILES string of the molecule is CN1CCC(Oc2ncccc2C(=O)Nc2ccc3[nH]ncc3c2)CC1. The smallest absolute Gasteiger partial charge is 0.261 e. The standard InChI is InChI=1S/C19H21N5O2/c1-24-9-6-15(7-10-24)26-19-16(3-2-8-20-19)18(25)22-14-4-5-17-13(11-14)12-21-23-17/h2-5,8,11-12,15H,6-7,9-10H2,1H3,(H,21,23)(H,22,25). The number of hydrogen-bond donors (Lipinski definition) is 2. The van der Waals surface area contributed by atoms with Crippen molar-refractivity contribution < 1.29 is 9.53 Å². The maximum atomic E-state index is 12.7. The van der Waals surface area contributed by atoms with E-state index in [4.69, 9.17) is 4.74 Å². The van der Waals surface area contributed by atoms with Crippen molar-refractivity contribution >= 4 is 22.5 Å². The molecule has 7 heteroatoms. The zero-order chi connectivity index (χ0) is 17.9. The molecule has 2 N–H and O–H groups in total. The Kier molecular flexibility index (Phi) is 4.53. The zero-order valence-electron chi connectivity index (χ0n) is 14.6. The molecule has 1 aliphatic heterocycles. The molecule has 4 rings (SSSR count). The van der Waals surface area contributed by atoms with Gasteiger partial charge in [0.15, 0.2) is 0 Å². The van der Waals surface area contributed by atoms with Crippen LogP contribution in [-0.2, 0) is 0 Å². The van der Waals surface area contributed by atoms with Crippen molar-refractivity contribution in [3.63, 3.8) is 0 Å². The number of aromatic amines is 1. The van der Waals surface area contributed by atoms with Gasteiger partial charge >= 0.3 is 0 Å². The number of ether oxygens (including phenoxy) is 1. The molecule has 3 aromatic rings. The van der Waals surface area contributed by atoms with E-state index in [1.54, 1.807) is 24.5 Å². The lowest BCUT2D eigenvalue weighted by molar-refractivity contribution is 0.0976. The van der Waals surface area contributed by atoms with E-state index in [-0.39, 0.29) is 12.0 Å². The fraction of sp³-hybridized carbons (Fsp3) is 0.316. The van der Waals surface area contributed by atoms with Crippen molar-refractivity contribution in [1.29, 1.82) is 0 Å². The fourth-order valence-corrected chi connectivity index (χ4v) is 3.14. The van der Waals surface area contributed by atoms with Crippen LogP contribution in [0.2, 0.25) is 0 Å². The van der Waals surface area contributed by atoms with E-state index in [1.165, 1.54) is 0 Å². The van der Waals surface area contributed by atoms with Crippen molar-refractivity contribution in [3.05, 3.63) is 48.3 Å². The molecule has 0 spiro atoms. The number of pyridine rings is 1. The number of rotatable bonds is 4. The van der Waals surface area contributed by atoms with Crippen LogP contribution in [0.5, 0.6) is 5.88 Å². The third-order valence-corrected chi connectivity index (χ3v) is 4.66. The molecule has 1 amide bonds. The Morgan fingerprint density at radius 2 is 2.15 bits per heavy atom. The number of fused-ring (bicyclic) bond motifs is 1. The Morgan fingerprint density at radius 1 is 1.31 bits per heavy atom. The molecule has 1 saturated heterocycles. The van der Waals surface area contributed by atoms with Gasteiger partial charge in [-0.2, -0.15) is 5.10 Å². The maximum absolute atomic E-state index is 12.7. The van der Waals surface area contributed by atoms with Crippen LogP contribution in [0.25, 0.3) is 10.9 Å². The van der Waals surface area contributed by atoms with E-state index >= 15 is 0 Å². The first-order valence-corrected chi connectivity index (χ1v) is 8.74. The van der Waals surface area contributed by atoms with E-state index in [0.717, 1.165) is 36.8 Å². The van der Waals surface area contributed by atoms with E-state index in [2.05, 4.69) is 32.4 Å². The Hall–Kier alpha value is -2.93. The van der Waals surface area contributed by atoms with Crippen LogP contribution in [-0.4, -0.2) is 52.2 Å². The highest BCUT2D eigenvalue weighted by Crippen LogP contribution is 2.23. The molecule has 0 radical (unpaired) electrons. The average Bonchev–Trinajstić information content (AvgIpc) is 3.12. The second-order valence-electron chi connectivity index (χ2n) is 6.60. The van der Waals surface area contributed by atoms with Crippen molar-refractivity contribution in [2.75, 3.05) is 25.5 Å². The largest absolute Gasteiger partial charge is 0.474 e. The molecule has 0 atom stereocenters. The van der Waals surface area contributed by atoms with Crippen LogP contribution in [0.1, 0.15) is 23.2 Å². The molecule has 0 bridgehead atoms. The summed E-state index contributed by atoms with van der Waals surface area (Å²) >= 11 is 0. The normalized spacial score (nSPS) is 15.9. The summed E-state index contributed by atoms with van der Waals surface area (Å²) in [6, 6.07) is 9.09. The number of hydrogen-bond acceptors (Lipinski definition) is 5. The molecule has 3 heterocycles. The summed E-state index contributed by atoms with van der Waals surface area (Å²) in [5.74, 6) is 0.160. The molecule has 26 heavy (non-hydrogen) atoms. The molecule has 1 fully saturated rings. The number of carbonyl (C=O) groups is 1. The summed E-state index contributed by atoms with van der Waals surface area (Å²) in [5, 5.41) is 10.7. The number of amides is 1. The molecular weight excluding hydrogens is 330 g/mol. The third kappa shape index (κ3) is 3.52. The second-order valence-corrected chi connectivity index (χ2v) is 6.60. The molecule has 1 aromatic carbocycles. The maximum Gasteiger partial charge on any atom is 0.261 e. The van der Waals surface area contributed by atoms with Gasteiger partial charge in [0, 0.05) is 30.4 Å². The first-order chi connectivity index (χ1) is 12.7. The van der Waals surface area contributed by atoms with Crippen LogP contribution in [0, 0.1) is 0 Å². The van der Waals surface area contributed by atoms with Gasteiger partial charge < -0.3 is 15.0 Å². The van der Waals surface area contributed by atoms with Crippen LogP contribution in [0.15, 0.2) is 42.7 Å². The Bertz CT molecular complexity index is 915. The van der Waals surface area contributed by atoms with Crippen LogP contribution < -0.4 is 10.1 Å². The van der Waals surface area contributed by atoms with Gasteiger partial charge in [0.25, 0.3) is 5.91 Å². The highest BCUT2D eigenvalue weighted by Gasteiger charge is 2.21. The van der Waals surface area contributed by atoms with Crippen molar-refractivity contribution in [2.24, 2.45) is 0 Å². The number of nitrogens with zero attached hydrogens (tertiary/aromatic N) is 3. The van der Waals surface area contributed by atoms with Crippen LogP contribution in [0.3, 0.4) is 0 Å². The third-order valence-electron chi connectivity index (χ3n) is 4.66. The Balaban J connectivity index is 1.50. The minimum absolute atomic E-state index is 0.0925. The number of nitrogens with one attached hydrogen (secondary N) is 2. The predicted molar refractivity (Wildman–Crippen MR) is 99.4 cm³/mol. The number of aromatic nitrogens is 3. The number of anilines is 1. The van der Waals surface area contributed by atoms with Gasteiger partial charge in [-0.15, -0.1) is 0 Å². The van der Waals surface area contributed by atoms with Crippen molar-refractivity contribution in [2.45, 2.75) is 18.9 Å². The molecule has 0 unspecified atom stereocenters. The molecular formula is C19H21N5O2. The summed E-state index contributed by atoms with van der Waals surface area (Å²) in [6.45, 7) is 1.98. The fourth-order valence-electron chi connectivity index (χ4n) is 3.14. The summed E-state index contributed by atoms with van der Waals surface area (Å²) in [5.41, 5.74) is 2.08. The Morgan fingerprint density at radius 3 is 3.00 bits per heavy atom. The lowest BCUT2D eigenvalue weighted by atomic mass is 10.1. The summed E-state index contributed by atoms with van der Waals surface area (Å²) in [7, 11) is 2.10. The van der Waals surface area contributed by atoms with Gasteiger partial charge in [-0.05, 0) is 50.2 Å². The lowest BCUT2D eigenvalue weighted by Gasteiger charge is -2.29. The minimum atomic E-state index is -0.233. The monoisotopic (exact) mass is 351 g/mol. The number of H-pyrrole nitrogens is 1. The Labute approximate surface area is 151 Å². The highest BCUT2D eigenvalue weighted by atomic mass is 16.5. The summed E-state index contributed by atoms with van der Waals surface area (Å²) < 4.78 is 6.04. The zero-order valence-corrected chi connectivity index (χ0v) is 14.6. The van der Waals surface area contributed by atoms with Crippen LogP contribution in [0.4, 0.5) is 5.69 Å². The van der Waals surface area contributed by atoms with E-state index < -0.39 is 0 Å². The molecule has 2 aromatic heterocycles. The van der Waals surface area contributed by atoms with Gasteiger partial charge in [0.05, 0.1) is 11.7 Å². The van der Waals surface area contributed by atoms with Crippen molar-refractivity contribution in [3.8, 4) is 5.88 Å². The van der Waals surface area contributed by atoms with Crippen molar-refractivity contribution in [1.82, 2.24) is 20.1 Å². The van der Waals surface area contributed by atoms with E-state index in [9.17, 15) is 4.79 Å². The molecule has 0 saturated carbocycles. The quantitative estimate of drug-likeness (QED) is 0.755. The first kappa shape index (κ1) is 16.5. The van der Waals surface area contributed by atoms with E-state index in [0.29, 0.717) is 17.1 Å². The minimum Gasteiger partial charge on any atom is -0.474 e. The highest BCUT2D eigenvalue weighted by molar-refractivity contribution is 6.06. The average molecular weight is 351 g/mol. The molecule has 7 nitrogen and oxygen atoms in total. The van der Waals surface area contributed by atoms with E-state index in [1.807, 2.05) is 18.2 Å². The molecule has 134 valence electrons. The van der Waals surface area contributed by atoms with Crippen LogP contribution >= 0.6 is 0 Å². The van der Waals surface area contributed by atoms with Gasteiger partial charge in [-0.3, -0.25) is 9.89 Å². The number of carbonyl (C=O) groups excluding carboxylic acids is 1. The topological polar surface area (TPSA) is 83.1 Å². The first-order valence-electron chi connectivity index (χ1n) is 8.74. The molecule has 0 aliphatic carbocycles. The second kappa shape index (κ2) is 7.13. The number of piperidine rings is 1. The lowest BCUT2D eigenvalue weighted by Crippen LogP contribution is -2.36. The van der Waals surface area contributed by atoms with Gasteiger partial charge in [-0.25, -0.2) is 4.98 Å². The molecule has 1 aliphatic rings. The van der Waals surface area contributed by atoms with Gasteiger partial charge in [0.1, 0.15) is 11.7 Å².